The molecule has 0 aliphatic heterocycles. The number of amides is 2. The van der Waals surface area contributed by atoms with E-state index in [1.807, 2.05) is 0 Å². The molecule has 6 nitrogen and oxygen atoms in total. The van der Waals surface area contributed by atoms with E-state index < -0.39 is 11.4 Å². The number of nitrogens with one attached hydrogen (secondary N) is 2. The van der Waals surface area contributed by atoms with E-state index in [2.05, 4.69) is 15.6 Å². The largest absolute Gasteiger partial charge is 0.373 e. The molecule has 1 heterocycles. The van der Waals surface area contributed by atoms with Gasteiger partial charge in [0.15, 0.2) is 0 Å². The summed E-state index contributed by atoms with van der Waals surface area (Å²) in [5, 5.41) is 5.45. The molecule has 0 spiro atoms. The van der Waals surface area contributed by atoms with Gasteiger partial charge in [0.25, 0.3) is 5.91 Å². The first-order valence-corrected chi connectivity index (χ1v) is 5.55. The number of aryl methyl sites for hydroxylation is 1. The summed E-state index contributed by atoms with van der Waals surface area (Å²) in [7, 11) is 1.72. The third kappa shape index (κ3) is 3.19. The number of carbonyl (C=O) groups is 2. The molecule has 0 fully saturated rings. The molecule has 0 atom stereocenters. The first-order chi connectivity index (χ1) is 8.26. The van der Waals surface area contributed by atoms with Crippen LogP contribution in [0.4, 0.5) is 5.82 Å². The molecule has 0 saturated heterocycles. The van der Waals surface area contributed by atoms with Gasteiger partial charge in [0.1, 0.15) is 11.4 Å². The van der Waals surface area contributed by atoms with Crippen LogP contribution in [0, 0.1) is 6.92 Å². The molecule has 0 aromatic carbocycles. The maximum atomic E-state index is 12.0. The zero-order chi connectivity index (χ0) is 13.9. The van der Waals surface area contributed by atoms with Gasteiger partial charge < -0.3 is 16.4 Å². The van der Waals surface area contributed by atoms with E-state index in [4.69, 9.17) is 5.73 Å². The molecule has 98 valence electrons. The van der Waals surface area contributed by atoms with Crippen LogP contribution in [0.15, 0.2) is 12.1 Å². The average molecular weight is 250 g/mol. The molecular formula is C12H18N4O2. The van der Waals surface area contributed by atoms with E-state index in [9.17, 15) is 9.59 Å². The van der Waals surface area contributed by atoms with Gasteiger partial charge >= 0.3 is 0 Å². The topological polar surface area (TPSA) is 97.1 Å². The molecule has 1 aromatic rings. The van der Waals surface area contributed by atoms with Gasteiger partial charge in [-0.05, 0) is 32.9 Å². The SMILES string of the molecule is CNc1cc(C(=O)NC(C)(C)C(N)=O)cc(C)n1. The first kappa shape index (κ1) is 14.0. The summed E-state index contributed by atoms with van der Waals surface area (Å²) in [4.78, 5) is 27.4. The van der Waals surface area contributed by atoms with Crippen molar-refractivity contribution >= 4 is 17.6 Å². The van der Waals surface area contributed by atoms with Crippen LogP contribution in [0.1, 0.15) is 29.9 Å². The summed E-state index contributed by atoms with van der Waals surface area (Å²) in [5.41, 5.74) is 5.26. The molecule has 18 heavy (non-hydrogen) atoms. The van der Waals surface area contributed by atoms with Gasteiger partial charge in [0.05, 0.1) is 0 Å². The van der Waals surface area contributed by atoms with Crippen LogP contribution < -0.4 is 16.4 Å². The maximum absolute atomic E-state index is 12.0. The number of aromatic nitrogens is 1. The minimum Gasteiger partial charge on any atom is -0.373 e. The van der Waals surface area contributed by atoms with Crippen LogP contribution in [0.2, 0.25) is 0 Å². The summed E-state index contributed by atoms with van der Waals surface area (Å²) in [5.74, 6) is -0.353. The maximum Gasteiger partial charge on any atom is 0.252 e. The van der Waals surface area contributed by atoms with Crippen molar-refractivity contribution in [2.45, 2.75) is 26.3 Å². The fourth-order valence-corrected chi connectivity index (χ4v) is 1.35. The third-order valence-corrected chi connectivity index (χ3v) is 2.51. The zero-order valence-electron chi connectivity index (χ0n) is 11.0. The number of nitrogens with zero attached hydrogens (tertiary/aromatic N) is 1. The predicted molar refractivity (Wildman–Crippen MR) is 69.3 cm³/mol. The van der Waals surface area contributed by atoms with E-state index in [0.29, 0.717) is 17.1 Å². The number of rotatable bonds is 4. The molecule has 0 bridgehead atoms. The molecule has 4 N–H and O–H groups in total. The van der Waals surface area contributed by atoms with Crippen LogP contribution in [0.3, 0.4) is 0 Å². The average Bonchev–Trinajstić information content (AvgIpc) is 2.27. The monoisotopic (exact) mass is 250 g/mol. The highest BCUT2D eigenvalue weighted by atomic mass is 16.2. The Bertz CT molecular complexity index is 483. The highest BCUT2D eigenvalue weighted by Gasteiger charge is 2.27. The summed E-state index contributed by atoms with van der Waals surface area (Å²) < 4.78 is 0. The van der Waals surface area contributed by atoms with E-state index in [1.165, 1.54) is 0 Å². The molecule has 1 aromatic heterocycles. The Morgan fingerprint density at radius 2 is 1.94 bits per heavy atom. The Labute approximate surface area is 106 Å². The second-order valence-corrected chi connectivity index (χ2v) is 4.58. The van der Waals surface area contributed by atoms with Crippen LogP contribution in [-0.2, 0) is 4.79 Å². The smallest absolute Gasteiger partial charge is 0.252 e. The lowest BCUT2D eigenvalue weighted by molar-refractivity contribution is -0.122. The summed E-state index contributed by atoms with van der Waals surface area (Å²) in [6.45, 7) is 4.90. The van der Waals surface area contributed by atoms with Crippen molar-refractivity contribution in [1.82, 2.24) is 10.3 Å². The molecular weight excluding hydrogens is 232 g/mol. The predicted octanol–water partition coefficient (Wildman–Crippen LogP) is 0.425. The summed E-state index contributed by atoms with van der Waals surface area (Å²) in [6.07, 6.45) is 0. The van der Waals surface area contributed by atoms with Gasteiger partial charge in [0, 0.05) is 18.3 Å². The quantitative estimate of drug-likeness (QED) is 0.721. The number of hydrogen-bond donors (Lipinski definition) is 3. The number of anilines is 1. The zero-order valence-corrected chi connectivity index (χ0v) is 11.0. The van der Waals surface area contributed by atoms with E-state index >= 15 is 0 Å². The number of hydrogen-bond acceptors (Lipinski definition) is 4. The fraction of sp³-hybridized carbons (Fsp3) is 0.417. The third-order valence-electron chi connectivity index (χ3n) is 2.51. The Morgan fingerprint density at radius 1 is 1.33 bits per heavy atom. The lowest BCUT2D eigenvalue weighted by atomic mass is 10.0. The van der Waals surface area contributed by atoms with Crippen LogP contribution in [0.25, 0.3) is 0 Å². The Hall–Kier alpha value is -2.11. The Balaban J connectivity index is 2.98. The minimum absolute atomic E-state index is 0.360. The van der Waals surface area contributed by atoms with Gasteiger partial charge in [-0.2, -0.15) is 0 Å². The Morgan fingerprint density at radius 3 is 2.44 bits per heavy atom. The van der Waals surface area contributed by atoms with Crippen molar-refractivity contribution in [3.8, 4) is 0 Å². The van der Waals surface area contributed by atoms with Gasteiger partial charge in [0.2, 0.25) is 5.91 Å². The van der Waals surface area contributed by atoms with Crippen LogP contribution in [0.5, 0.6) is 0 Å². The van der Waals surface area contributed by atoms with E-state index in [1.54, 1.807) is 40.0 Å². The van der Waals surface area contributed by atoms with E-state index in [0.717, 1.165) is 0 Å². The lowest BCUT2D eigenvalue weighted by Crippen LogP contribution is -2.53. The molecule has 1 rings (SSSR count). The molecule has 2 amide bonds. The second kappa shape index (κ2) is 5.03. The highest BCUT2D eigenvalue weighted by molar-refractivity contribution is 5.99. The lowest BCUT2D eigenvalue weighted by Gasteiger charge is -2.22. The second-order valence-electron chi connectivity index (χ2n) is 4.58. The standard InChI is InChI=1S/C12H18N4O2/c1-7-5-8(6-9(14-4)15-7)10(17)16-12(2,3)11(13)18/h5-6H,1-4H3,(H2,13,18)(H,14,15)(H,16,17). The molecule has 0 saturated carbocycles. The van der Waals surface area contributed by atoms with Crippen molar-refractivity contribution in [2.75, 3.05) is 12.4 Å². The van der Waals surface area contributed by atoms with Crippen molar-refractivity contribution in [3.05, 3.63) is 23.4 Å². The van der Waals surface area contributed by atoms with Crippen LogP contribution >= 0.6 is 0 Å². The van der Waals surface area contributed by atoms with Gasteiger partial charge in [-0.3, -0.25) is 9.59 Å². The molecule has 0 aliphatic rings. The minimum atomic E-state index is -1.09. The summed E-state index contributed by atoms with van der Waals surface area (Å²) in [6, 6.07) is 3.26. The fourth-order valence-electron chi connectivity index (χ4n) is 1.35. The molecule has 0 unspecified atom stereocenters. The Kier molecular flexibility index (Phi) is 3.90. The van der Waals surface area contributed by atoms with Gasteiger partial charge in [-0.1, -0.05) is 0 Å². The van der Waals surface area contributed by atoms with Crippen molar-refractivity contribution in [3.63, 3.8) is 0 Å². The first-order valence-electron chi connectivity index (χ1n) is 5.55. The highest BCUT2D eigenvalue weighted by Crippen LogP contribution is 2.11. The number of nitrogens with two attached hydrogens (primary N) is 1. The van der Waals surface area contributed by atoms with Gasteiger partial charge in [-0.15, -0.1) is 0 Å². The summed E-state index contributed by atoms with van der Waals surface area (Å²) >= 11 is 0. The van der Waals surface area contributed by atoms with E-state index in [-0.39, 0.29) is 5.91 Å². The van der Waals surface area contributed by atoms with Crippen LogP contribution in [-0.4, -0.2) is 29.4 Å². The normalized spacial score (nSPS) is 10.9. The van der Waals surface area contributed by atoms with Crippen molar-refractivity contribution < 1.29 is 9.59 Å². The molecule has 0 aliphatic carbocycles. The molecule has 6 heteroatoms. The van der Waals surface area contributed by atoms with Crippen molar-refractivity contribution in [2.24, 2.45) is 5.73 Å². The number of carbonyl (C=O) groups excluding carboxylic acids is 2. The molecule has 0 radical (unpaired) electrons. The number of pyridine rings is 1. The number of primary amides is 1. The van der Waals surface area contributed by atoms with Gasteiger partial charge in [-0.25, -0.2) is 4.98 Å². The van der Waals surface area contributed by atoms with Crippen molar-refractivity contribution in [1.29, 1.82) is 0 Å².